The highest BCUT2D eigenvalue weighted by atomic mass is 32.1. The number of hydrogen-bond acceptors (Lipinski definition) is 4. The molecule has 0 unspecified atom stereocenters. The van der Waals surface area contributed by atoms with Gasteiger partial charge in [-0.25, -0.2) is 0 Å². The van der Waals surface area contributed by atoms with Crippen LogP contribution in [0, 0.1) is 5.92 Å². The highest BCUT2D eigenvalue weighted by Gasteiger charge is 2.33. The average Bonchev–Trinajstić information content (AvgIpc) is 3.24. The van der Waals surface area contributed by atoms with E-state index in [1.54, 1.807) is 0 Å². The van der Waals surface area contributed by atoms with Crippen molar-refractivity contribution in [3.05, 3.63) is 60.3 Å². The molecule has 0 radical (unpaired) electrons. The number of hydrogen-bond donors (Lipinski definition) is 2. The van der Waals surface area contributed by atoms with Crippen molar-refractivity contribution >= 4 is 33.2 Å². The molecular weight excluding hydrogens is 306 g/mol. The summed E-state index contributed by atoms with van der Waals surface area (Å²) in [4.78, 5) is 12.7. The van der Waals surface area contributed by atoms with Gasteiger partial charge >= 0.3 is 0 Å². The maximum atomic E-state index is 12.7. The number of amides is 1. The van der Waals surface area contributed by atoms with Crippen molar-refractivity contribution in [2.75, 3.05) is 18.4 Å². The minimum absolute atomic E-state index is 0.0467. The van der Waals surface area contributed by atoms with Crippen LogP contribution in [0.5, 0.6) is 0 Å². The van der Waals surface area contributed by atoms with Crippen LogP contribution < -0.4 is 10.6 Å². The number of carbonyl (C=O) groups excluding carboxylic acids is 1. The molecule has 4 nitrogen and oxygen atoms in total. The van der Waals surface area contributed by atoms with Gasteiger partial charge in [-0.15, -0.1) is 0 Å². The Morgan fingerprint density at radius 2 is 2.04 bits per heavy atom. The monoisotopic (exact) mass is 323 g/mol. The fourth-order valence-electron chi connectivity index (χ4n) is 3.18. The quantitative estimate of drug-likeness (QED) is 0.778. The summed E-state index contributed by atoms with van der Waals surface area (Å²) in [6.45, 7) is 1.56. The van der Waals surface area contributed by atoms with E-state index in [0.717, 1.165) is 22.3 Å². The van der Waals surface area contributed by atoms with Crippen LogP contribution >= 0.6 is 11.5 Å². The van der Waals surface area contributed by atoms with Gasteiger partial charge < -0.3 is 10.6 Å². The molecule has 2 atom stereocenters. The van der Waals surface area contributed by atoms with Crippen molar-refractivity contribution in [2.45, 2.75) is 5.92 Å². The first-order valence-corrected chi connectivity index (χ1v) is 8.49. The third-order valence-electron chi connectivity index (χ3n) is 4.40. The number of benzene rings is 2. The summed E-state index contributed by atoms with van der Waals surface area (Å²) in [5, 5.41) is 7.52. The standard InChI is InChI=1S/C18H17N3OS/c22-18(21-14-7-6-13-9-20-23-17(13)8-14)16-11-19-10-15(16)12-4-2-1-3-5-12/h1-9,15-16,19H,10-11H2,(H,21,22)/t15-,16+/m0/s1. The Morgan fingerprint density at radius 1 is 1.17 bits per heavy atom. The molecule has 1 amide bonds. The topological polar surface area (TPSA) is 54.0 Å². The van der Waals surface area contributed by atoms with Gasteiger partial charge in [0.1, 0.15) is 0 Å². The van der Waals surface area contributed by atoms with Gasteiger partial charge in [0.05, 0.1) is 10.6 Å². The van der Waals surface area contributed by atoms with Crippen molar-refractivity contribution in [1.82, 2.24) is 9.69 Å². The van der Waals surface area contributed by atoms with Gasteiger partial charge in [0.2, 0.25) is 5.91 Å². The van der Waals surface area contributed by atoms with E-state index in [1.165, 1.54) is 17.1 Å². The van der Waals surface area contributed by atoms with Crippen LogP contribution in [-0.4, -0.2) is 23.4 Å². The number of anilines is 1. The van der Waals surface area contributed by atoms with Gasteiger partial charge in [-0.2, -0.15) is 4.37 Å². The molecule has 23 heavy (non-hydrogen) atoms. The Balaban J connectivity index is 1.53. The SMILES string of the molecule is O=C(Nc1ccc2cnsc2c1)[C@@H]1CNC[C@H]1c1ccccc1. The van der Waals surface area contributed by atoms with Crippen molar-refractivity contribution in [1.29, 1.82) is 0 Å². The summed E-state index contributed by atoms with van der Waals surface area (Å²) in [7, 11) is 0. The van der Waals surface area contributed by atoms with E-state index in [-0.39, 0.29) is 17.7 Å². The number of rotatable bonds is 3. The summed E-state index contributed by atoms with van der Waals surface area (Å²) >= 11 is 1.44. The van der Waals surface area contributed by atoms with E-state index in [4.69, 9.17) is 0 Å². The highest BCUT2D eigenvalue weighted by Crippen LogP contribution is 2.29. The first-order chi connectivity index (χ1) is 11.3. The smallest absolute Gasteiger partial charge is 0.229 e. The fourth-order valence-corrected chi connectivity index (χ4v) is 3.86. The summed E-state index contributed by atoms with van der Waals surface area (Å²) in [5.41, 5.74) is 2.06. The zero-order chi connectivity index (χ0) is 15.6. The van der Waals surface area contributed by atoms with Gasteiger partial charge in [0.15, 0.2) is 0 Å². The van der Waals surface area contributed by atoms with Crippen LogP contribution in [0.3, 0.4) is 0 Å². The summed E-state index contributed by atoms with van der Waals surface area (Å²) in [6, 6.07) is 16.2. The molecular formula is C18H17N3OS. The lowest BCUT2D eigenvalue weighted by Gasteiger charge is -2.18. The molecule has 4 rings (SSSR count). The molecule has 1 saturated heterocycles. The number of carbonyl (C=O) groups is 1. The molecule has 1 aliphatic rings. The third kappa shape index (κ3) is 2.85. The largest absolute Gasteiger partial charge is 0.326 e. The number of nitrogens with one attached hydrogen (secondary N) is 2. The summed E-state index contributed by atoms with van der Waals surface area (Å²) in [5.74, 6) is 0.255. The van der Waals surface area contributed by atoms with Crippen molar-refractivity contribution < 1.29 is 4.79 Å². The van der Waals surface area contributed by atoms with Crippen LogP contribution in [0.4, 0.5) is 5.69 Å². The Labute approximate surface area is 138 Å². The Morgan fingerprint density at radius 3 is 2.91 bits per heavy atom. The molecule has 0 saturated carbocycles. The molecule has 0 spiro atoms. The van der Waals surface area contributed by atoms with Crippen molar-refractivity contribution in [2.24, 2.45) is 5.92 Å². The number of nitrogens with zero attached hydrogens (tertiary/aromatic N) is 1. The molecule has 5 heteroatoms. The molecule has 116 valence electrons. The second-order valence-electron chi connectivity index (χ2n) is 5.85. The van der Waals surface area contributed by atoms with E-state index >= 15 is 0 Å². The van der Waals surface area contributed by atoms with Crippen LogP contribution in [0.2, 0.25) is 0 Å². The second kappa shape index (κ2) is 6.10. The van der Waals surface area contributed by atoms with E-state index in [2.05, 4.69) is 27.1 Å². The second-order valence-corrected chi connectivity index (χ2v) is 6.68. The molecule has 2 aromatic carbocycles. The lowest BCUT2D eigenvalue weighted by molar-refractivity contribution is -0.119. The Kier molecular flexibility index (Phi) is 3.81. The van der Waals surface area contributed by atoms with Gasteiger partial charge in [-0.1, -0.05) is 30.3 Å². The van der Waals surface area contributed by atoms with Crippen LogP contribution in [0.1, 0.15) is 11.5 Å². The van der Waals surface area contributed by atoms with Gasteiger partial charge in [-0.05, 0) is 35.3 Å². The first kappa shape index (κ1) is 14.4. The summed E-state index contributed by atoms with van der Waals surface area (Å²) < 4.78 is 5.26. The maximum Gasteiger partial charge on any atom is 0.229 e. The van der Waals surface area contributed by atoms with E-state index in [9.17, 15) is 4.79 Å². The van der Waals surface area contributed by atoms with E-state index < -0.39 is 0 Å². The third-order valence-corrected chi connectivity index (χ3v) is 5.16. The first-order valence-electron chi connectivity index (χ1n) is 7.72. The minimum atomic E-state index is -0.0467. The van der Waals surface area contributed by atoms with Gasteiger partial charge in [-0.3, -0.25) is 4.79 Å². The molecule has 3 aromatic rings. The van der Waals surface area contributed by atoms with Gasteiger partial charge in [0, 0.05) is 36.3 Å². The molecule has 1 fully saturated rings. The number of aromatic nitrogens is 1. The summed E-state index contributed by atoms with van der Waals surface area (Å²) in [6.07, 6.45) is 1.85. The van der Waals surface area contributed by atoms with Crippen LogP contribution in [-0.2, 0) is 4.79 Å². The highest BCUT2D eigenvalue weighted by molar-refractivity contribution is 7.13. The molecule has 1 aromatic heterocycles. The Bertz CT molecular complexity index is 830. The normalized spacial score (nSPS) is 20.7. The molecule has 1 aliphatic heterocycles. The minimum Gasteiger partial charge on any atom is -0.326 e. The zero-order valence-electron chi connectivity index (χ0n) is 12.5. The average molecular weight is 323 g/mol. The zero-order valence-corrected chi connectivity index (χ0v) is 13.3. The van der Waals surface area contributed by atoms with Crippen molar-refractivity contribution in [3.8, 4) is 0 Å². The van der Waals surface area contributed by atoms with Crippen LogP contribution in [0.15, 0.2) is 54.7 Å². The fraction of sp³-hybridized carbons (Fsp3) is 0.222. The maximum absolute atomic E-state index is 12.7. The van der Waals surface area contributed by atoms with Crippen LogP contribution in [0.25, 0.3) is 10.1 Å². The lowest BCUT2D eigenvalue weighted by atomic mass is 9.88. The molecule has 0 aliphatic carbocycles. The number of fused-ring (bicyclic) bond motifs is 1. The molecule has 0 bridgehead atoms. The van der Waals surface area contributed by atoms with E-state index in [1.807, 2.05) is 42.6 Å². The predicted octanol–water partition coefficient (Wildman–Crippen LogP) is 3.24. The lowest BCUT2D eigenvalue weighted by Crippen LogP contribution is -2.28. The molecule has 2 heterocycles. The molecule has 2 N–H and O–H groups in total. The van der Waals surface area contributed by atoms with Gasteiger partial charge in [0.25, 0.3) is 0 Å². The Hall–Kier alpha value is -2.24. The van der Waals surface area contributed by atoms with E-state index in [0.29, 0.717) is 6.54 Å². The van der Waals surface area contributed by atoms with Crippen molar-refractivity contribution in [3.63, 3.8) is 0 Å². The predicted molar refractivity (Wildman–Crippen MR) is 93.8 cm³/mol.